The fourth-order valence-electron chi connectivity index (χ4n) is 1.76. The smallest absolute Gasteiger partial charge is 0.265 e. The van der Waals surface area contributed by atoms with Gasteiger partial charge in [-0.15, -0.1) is 11.8 Å². The molecule has 1 heterocycles. The largest absolute Gasteiger partial charge is 0.464 e. The summed E-state index contributed by atoms with van der Waals surface area (Å²) in [5, 5.41) is 0. The predicted octanol–water partition coefficient (Wildman–Crippen LogP) is 2.57. The van der Waals surface area contributed by atoms with Gasteiger partial charge in [0.2, 0.25) is 0 Å². The van der Waals surface area contributed by atoms with E-state index in [1.165, 1.54) is 6.07 Å². The van der Waals surface area contributed by atoms with E-state index >= 15 is 0 Å². The van der Waals surface area contributed by atoms with E-state index in [0.717, 1.165) is 4.90 Å². The first kappa shape index (κ1) is 15.0. The summed E-state index contributed by atoms with van der Waals surface area (Å²) in [6.07, 6.45) is 1.96. The van der Waals surface area contributed by atoms with Gasteiger partial charge in [0.1, 0.15) is 16.4 Å². The third-order valence-electron chi connectivity index (χ3n) is 2.76. The molecule has 2 rings (SSSR count). The molecule has 0 aliphatic heterocycles. The Morgan fingerprint density at radius 3 is 2.45 bits per heavy atom. The third kappa shape index (κ3) is 3.17. The molecule has 0 radical (unpaired) electrons. The molecule has 0 unspecified atom stereocenters. The van der Waals surface area contributed by atoms with Crippen molar-refractivity contribution in [3.63, 3.8) is 0 Å². The lowest BCUT2D eigenvalue weighted by Gasteiger charge is -2.07. The van der Waals surface area contributed by atoms with E-state index in [1.807, 2.05) is 18.4 Å². The van der Waals surface area contributed by atoms with E-state index in [0.29, 0.717) is 17.2 Å². The zero-order valence-corrected chi connectivity index (χ0v) is 12.8. The molecule has 2 aromatic rings. The lowest BCUT2D eigenvalue weighted by molar-refractivity contribution is 0.479. The van der Waals surface area contributed by atoms with Crippen LogP contribution in [0.15, 0.2) is 44.5 Å². The average molecular weight is 312 g/mol. The number of furan rings is 1. The molecule has 0 saturated carbocycles. The van der Waals surface area contributed by atoms with Crippen LogP contribution in [0.3, 0.4) is 0 Å². The quantitative estimate of drug-likeness (QED) is 0.829. The number of anilines is 1. The van der Waals surface area contributed by atoms with Crippen LogP contribution in [-0.4, -0.2) is 14.7 Å². The molecule has 7 heteroatoms. The van der Waals surface area contributed by atoms with E-state index < -0.39 is 10.0 Å². The van der Waals surface area contributed by atoms with Crippen molar-refractivity contribution in [1.82, 2.24) is 0 Å². The SMILES string of the molecule is CSc1ccc(NS(=O)(=O)c2cc(CN)oc2C)cc1. The van der Waals surface area contributed by atoms with E-state index in [2.05, 4.69) is 4.72 Å². The monoisotopic (exact) mass is 312 g/mol. The van der Waals surface area contributed by atoms with Crippen LogP contribution in [0, 0.1) is 6.92 Å². The van der Waals surface area contributed by atoms with Crippen LogP contribution in [0.4, 0.5) is 5.69 Å². The molecule has 0 aliphatic carbocycles. The minimum absolute atomic E-state index is 0.117. The zero-order valence-electron chi connectivity index (χ0n) is 11.2. The second kappa shape index (κ2) is 5.90. The highest BCUT2D eigenvalue weighted by Crippen LogP contribution is 2.24. The summed E-state index contributed by atoms with van der Waals surface area (Å²) < 4.78 is 32.4. The first-order chi connectivity index (χ1) is 9.46. The molecule has 0 atom stereocenters. The molecule has 0 aliphatic rings. The van der Waals surface area contributed by atoms with Crippen molar-refractivity contribution in [3.05, 3.63) is 41.9 Å². The van der Waals surface area contributed by atoms with E-state index in [9.17, 15) is 8.42 Å². The Morgan fingerprint density at radius 2 is 1.95 bits per heavy atom. The number of hydrogen-bond donors (Lipinski definition) is 2. The number of rotatable bonds is 5. The fourth-order valence-corrected chi connectivity index (χ4v) is 3.43. The molecule has 0 amide bonds. The molecule has 1 aromatic carbocycles. The zero-order chi connectivity index (χ0) is 14.8. The van der Waals surface area contributed by atoms with Crippen LogP contribution >= 0.6 is 11.8 Å². The summed E-state index contributed by atoms with van der Waals surface area (Å²) in [6.45, 7) is 1.77. The van der Waals surface area contributed by atoms with Crippen molar-refractivity contribution < 1.29 is 12.8 Å². The Labute approximate surface area is 122 Å². The molecule has 0 fully saturated rings. The summed E-state index contributed by atoms with van der Waals surface area (Å²) in [5.74, 6) is 0.777. The number of thioether (sulfide) groups is 1. The van der Waals surface area contributed by atoms with Crippen molar-refractivity contribution >= 4 is 27.5 Å². The first-order valence-electron chi connectivity index (χ1n) is 5.92. The Hall–Kier alpha value is -1.44. The summed E-state index contributed by atoms with van der Waals surface area (Å²) in [7, 11) is -3.66. The molecule has 1 aromatic heterocycles. The fraction of sp³-hybridized carbons (Fsp3) is 0.231. The summed E-state index contributed by atoms with van der Waals surface area (Å²) in [5.41, 5.74) is 5.96. The molecule has 0 bridgehead atoms. The van der Waals surface area contributed by atoms with Gasteiger partial charge in [-0.2, -0.15) is 0 Å². The number of hydrogen-bond acceptors (Lipinski definition) is 5. The lowest BCUT2D eigenvalue weighted by Crippen LogP contribution is -2.13. The molecule has 0 spiro atoms. The Morgan fingerprint density at radius 1 is 1.30 bits per heavy atom. The Balaban J connectivity index is 2.27. The van der Waals surface area contributed by atoms with E-state index in [1.54, 1.807) is 30.8 Å². The number of sulfonamides is 1. The molecule has 5 nitrogen and oxygen atoms in total. The molecule has 108 valence electrons. The van der Waals surface area contributed by atoms with Crippen LogP contribution in [0.5, 0.6) is 0 Å². The van der Waals surface area contributed by atoms with Crippen molar-refractivity contribution in [2.75, 3.05) is 11.0 Å². The second-order valence-electron chi connectivity index (χ2n) is 4.17. The van der Waals surface area contributed by atoms with Gasteiger partial charge in [0.25, 0.3) is 10.0 Å². The average Bonchev–Trinajstić information content (AvgIpc) is 2.81. The minimum Gasteiger partial charge on any atom is -0.464 e. The molecule has 3 N–H and O–H groups in total. The normalized spacial score (nSPS) is 11.6. The van der Waals surface area contributed by atoms with Crippen LogP contribution in [-0.2, 0) is 16.6 Å². The maximum Gasteiger partial charge on any atom is 0.265 e. The number of nitrogens with two attached hydrogens (primary N) is 1. The topological polar surface area (TPSA) is 85.3 Å². The van der Waals surface area contributed by atoms with E-state index in [-0.39, 0.29) is 11.4 Å². The second-order valence-corrected chi connectivity index (χ2v) is 6.70. The van der Waals surface area contributed by atoms with Crippen molar-refractivity contribution in [1.29, 1.82) is 0 Å². The highest BCUT2D eigenvalue weighted by Gasteiger charge is 2.21. The maximum absolute atomic E-state index is 12.3. The van der Waals surface area contributed by atoms with Gasteiger partial charge >= 0.3 is 0 Å². The van der Waals surface area contributed by atoms with Gasteiger partial charge in [-0.05, 0) is 37.4 Å². The summed E-state index contributed by atoms with van der Waals surface area (Å²) in [4.78, 5) is 1.18. The van der Waals surface area contributed by atoms with Gasteiger partial charge in [-0.3, -0.25) is 4.72 Å². The highest BCUT2D eigenvalue weighted by molar-refractivity contribution is 7.98. The third-order valence-corrected chi connectivity index (χ3v) is 4.99. The number of nitrogens with one attached hydrogen (secondary N) is 1. The highest BCUT2D eigenvalue weighted by atomic mass is 32.2. The predicted molar refractivity (Wildman–Crippen MR) is 80.4 cm³/mol. The summed E-state index contributed by atoms with van der Waals surface area (Å²) >= 11 is 1.59. The molecular weight excluding hydrogens is 296 g/mol. The van der Waals surface area contributed by atoms with Gasteiger partial charge in [0, 0.05) is 16.6 Å². The first-order valence-corrected chi connectivity index (χ1v) is 8.63. The number of aryl methyl sites for hydroxylation is 1. The van der Waals surface area contributed by atoms with Gasteiger partial charge < -0.3 is 10.2 Å². The molecule has 0 saturated heterocycles. The van der Waals surface area contributed by atoms with Crippen LogP contribution in [0.2, 0.25) is 0 Å². The maximum atomic E-state index is 12.3. The Kier molecular flexibility index (Phi) is 4.42. The molecular formula is C13H16N2O3S2. The lowest BCUT2D eigenvalue weighted by atomic mass is 10.3. The summed E-state index contributed by atoms with van der Waals surface area (Å²) in [6, 6.07) is 8.62. The van der Waals surface area contributed by atoms with Crippen molar-refractivity contribution in [2.24, 2.45) is 5.73 Å². The van der Waals surface area contributed by atoms with Gasteiger partial charge in [-0.1, -0.05) is 0 Å². The van der Waals surface area contributed by atoms with Crippen LogP contribution in [0.25, 0.3) is 0 Å². The number of benzene rings is 1. The minimum atomic E-state index is -3.66. The van der Waals surface area contributed by atoms with Crippen molar-refractivity contribution in [2.45, 2.75) is 23.3 Å². The Bertz CT molecular complexity index is 691. The van der Waals surface area contributed by atoms with Gasteiger partial charge in [0.05, 0.1) is 6.54 Å². The van der Waals surface area contributed by atoms with Gasteiger partial charge in [-0.25, -0.2) is 8.42 Å². The van der Waals surface area contributed by atoms with Crippen LogP contribution in [0.1, 0.15) is 11.5 Å². The molecule has 20 heavy (non-hydrogen) atoms. The van der Waals surface area contributed by atoms with Crippen molar-refractivity contribution in [3.8, 4) is 0 Å². The standard InChI is InChI=1S/C13H16N2O3S2/c1-9-13(7-11(8-14)18-9)20(16,17)15-10-3-5-12(19-2)6-4-10/h3-7,15H,8,14H2,1-2H3. The van der Waals surface area contributed by atoms with E-state index in [4.69, 9.17) is 10.2 Å². The van der Waals surface area contributed by atoms with Crippen LogP contribution < -0.4 is 10.5 Å². The van der Waals surface area contributed by atoms with Gasteiger partial charge in [0.15, 0.2) is 0 Å².